The third kappa shape index (κ3) is 3.16. The Morgan fingerprint density at radius 2 is 2.29 bits per heavy atom. The minimum atomic E-state index is 0.194. The molecule has 0 aromatic carbocycles. The minimum absolute atomic E-state index is 0.194. The van der Waals surface area contributed by atoms with Crippen LogP contribution in [0.1, 0.15) is 11.3 Å². The van der Waals surface area contributed by atoms with Gasteiger partial charge < -0.3 is 9.80 Å². The van der Waals surface area contributed by atoms with E-state index in [-0.39, 0.29) is 5.91 Å². The topological polar surface area (TPSA) is 36.4 Å². The molecule has 1 aromatic heterocycles. The Labute approximate surface area is 115 Å². The molecule has 0 radical (unpaired) electrons. The molecule has 0 saturated heterocycles. The Hall–Kier alpha value is -0.690. The molecule has 2 rings (SSSR count). The molecule has 4 nitrogen and oxygen atoms in total. The molecule has 92 valence electrons. The maximum atomic E-state index is 11.9. The van der Waals surface area contributed by atoms with E-state index in [2.05, 4.69) is 33.6 Å². The van der Waals surface area contributed by atoms with Crippen LogP contribution in [-0.2, 0) is 17.8 Å². The van der Waals surface area contributed by atoms with E-state index in [1.165, 1.54) is 5.56 Å². The number of likely N-dealkylation sites (N-methyl/N-ethyl adjacent to an activating group) is 1. The van der Waals surface area contributed by atoms with Gasteiger partial charge in [-0.05, 0) is 48.3 Å². The van der Waals surface area contributed by atoms with E-state index in [1.807, 2.05) is 30.0 Å². The van der Waals surface area contributed by atoms with E-state index in [4.69, 9.17) is 0 Å². The zero-order valence-corrected chi connectivity index (χ0v) is 12.3. The summed E-state index contributed by atoms with van der Waals surface area (Å²) in [5.74, 6) is 0.194. The van der Waals surface area contributed by atoms with Crippen LogP contribution in [0.3, 0.4) is 0 Å². The molecule has 2 heterocycles. The molecule has 0 fully saturated rings. The van der Waals surface area contributed by atoms with Gasteiger partial charge >= 0.3 is 0 Å². The standard InChI is InChI=1S/C12H16IN3O/c1-15(2)8-12(17)16-6-5-10-9(7-16)3-4-11(13)14-10/h3-4H,5-8H2,1-2H3. The van der Waals surface area contributed by atoms with Crippen molar-refractivity contribution in [1.29, 1.82) is 0 Å². The number of hydrogen-bond donors (Lipinski definition) is 0. The van der Waals surface area contributed by atoms with Crippen LogP contribution in [0, 0.1) is 3.70 Å². The summed E-state index contributed by atoms with van der Waals surface area (Å²) in [4.78, 5) is 20.3. The summed E-state index contributed by atoms with van der Waals surface area (Å²) < 4.78 is 1.02. The first kappa shape index (κ1) is 12.8. The molecule has 0 saturated carbocycles. The van der Waals surface area contributed by atoms with Crippen molar-refractivity contribution in [1.82, 2.24) is 14.8 Å². The molecule has 0 aliphatic carbocycles. The van der Waals surface area contributed by atoms with Crippen molar-refractivity contribution in [3.05, 3.63) is 27.1 Å². The molecular weight excluding hydrogens is 329 g/mol. The average molecular weight is 345 g/mol. The zero-order chi connectivity index (χ0) is 12.4. The van der Waals surface area contributed by atoms with E-state index in [9.17, 15) is 4.79 Å². The van der Waals surface area contributed by atoms with Gasteiger partial charge in [0.25, 0.3) is 0 Å². The number of rotatable bonds is 2. The molecule has 1 aromatic rings. The number of halogens is 1. The van der Waals surface area contributed by atoms with E-state index in [1.54, 1.807) is 0 Å². The Morgan fingerprint density at radius 1 is 1.53 bits per heavy atom. The molecule has 1 amide bonds. The highest BCUT2D eigenvalue weighted by atomic mass is 127. The first-order valence-electron chi connectivity index (χ1n) is 5.63. The van der Waals surface area contributed by atoms with Crippen molar-refractivity contribution in [3.63, 3.8) is 0 Å². The number of carbonyl (C=O) groups is 1. The van der Waals surface area contributed by atoms with E-state index in [0.717, 1.165) is 22.4 Å². The summed E-state index contributed by atoms with van der Waals surface area (Å²) in [6.07, 6.45) is 0.866. The van der Waals surface area contributed by atoms with Gasteiger partial charge in [-0.1, -0.05) is 6.07 Å². The lowest BCUT2D eigenvalue weighted by molar-refractivity contribution is -0.132. The molecule has 0 N–H and O–H groups in total. The van der Waals surface area contributed by atoms with Crippen LogP contribution in [-0.4, -0.2) is 47.9 Å². The third-order valence-electron chi connectivity index (χ3n) is 2.82. The van der Waals surface area contributed by atoms with Gasteiger partial charge in [0.15, 0.2) is 0 Å². The quantitative estimate of drug-likeness (QED) is 0.596. The fourth-order valence-electron chi connectivity index (χ4n) is 1.97. The summed E-state index contributed by atoms with van der Waals surface area (Å²) >= 11 is 2.22. The lowest BCUT2D eigenvalue weighted by atomic mass is 10.1. The van der Waals surface area contributed by atoms with Gasteiger partial charge in [-0.15, -0.1) is 0 Å². The van der Waals surface area contributed by atoms with Gasteiger partial charge in [0.1, 0.15) is 3.70 Å². The highest BCUT2D eigenvalue weighted by Gasteiger charge is 2.21. The Kier molecular flexibility index (Phi) is 3.98. The molecule has 1 aliphatic rings. The van der Waals surface area contributed by atoms with E-state index < -0.39 is 0 Å². The largest absolute Gasteiger partial charge is 0.337 e. The third-order valence-corrected chi connectivity index (χ3v) is 3.42. The number of nitrogens with zero attached hydrogens (tertiary/aromatic N) is 3. The van der Waals surface area contributed by atoms with Gasteiger partial charge in [-0.3, -0.25) is 4.79 Å². The van der Waals surface area contributed by atoms with Crippen molar-refractivity contribution in [3.8, 4) is 0 Å². The van der Waals surface area contributed by atoms with Crippen molar-refractivity contribution < 1.29 is 4.79 Å². The van der Waals surface area contributed by atoms with Gasteiger partial charge in [0.05, 0.1) is 6.54 Å². The molecule has 0 spiro atoms. The Bertz CT molecular complexity index is 434. The molecule has 17 heavy (non-hydrogen) atoms. The van der Waals surface area contributed by atoms with Crippen molar-refractivity contribution in [2.45, 2.75) is 13.0 Å². The second-order valence-electron chi connectivity index (χ2n) is 4.54. The smallest absolute Gasteiger partial charge is 0.237 e. The van der Waals surface area contributed by atoms with Crippen molar-refractivity contribution in [2.75, 3.05) is 27.2 Å². The van der Waals surface area contributed by atoms with Crippen LogP contribution in [0.2, 0.25) is 0 Å². The first-order chi connectivity index (χ1) is 8.06. The number of fused-ring (bicyclic) bond motifs is 1. The van der Waals surface area contributed by atoms with E-state index in [0.29, 0.717) is 13.1 Å². The van der Waals surface area contributed by atoms with Crippen LogP contribution in [0.25, 0.3) is 0 Å². The van der Waals surface area contributed by atoms with Crippen LogP contribution in [0.4, 0.5) is 0 Å². The lowest BCUT2D eigenvalue weighted by Gasteiger charge is -2.29. The maximum Gasteiger partial charge on any atom is 0.237 e. The molecule has 0 unspecified atom stereocenters. The van der Waals surface area contributed by atoms with E-state index >= 15 is 0 Å². The highest BCUT2D eigenvalue weighted by Crippen LogP contribution is 2.18. The Morgan fingerprint density at radius 3 is 3.00 bits per heavy atom. The summed E-state index contributed by atoms with van der Waals surface area (Å²) in [5.41, 5.74) is 2.33. The number of aromatic nitrogens is 1. The number of carbonyl (C=O) groups excluding carboxylic acids is 1. The van der Waals surface area contributed by atoms with Crippen LogP contribution in [0.5, 0.6) is 0 Å². The zero-order valence-electron chi connectivity index (χ0n) is 10.1. The number of pyridine rings is 1. The monoisotopic (exact) mass is 345 g/mol. The normalized spacial score (nSPS) is 14.9. The van der Waals surface area contributed by atoms with Crippen molar-refractivity contribution >= 4 is 28.5 Å². The molecule has 0 atom stereocenters. The summed E-state index contributed by atoms with van der Waals surface area (Å²) in [5, 5.41) is 0. The SMILES string of the molecule is CN(C)CC(=O)N1CCc2nc(I)ccc2C1. The second-order valence-corrected chi connectivity index (χ2v) is 5.65. The molecule has 5 heteroatoms. The predicted octanol–water partition coefficient (Wildman–Crippen LogP) is 1.13. The van der Waals surface area contributed by atoms with Gasteiger partial charge in [-0.2, -0.15) is 0 Å². The fourth-order valence-corrected chi connectivity index (χ4v) is 2.44. The lowest BCUT2D eigenvalue weighted by Crippen LogP contribution is -2.41. The van der Waals surface area contributed by atoms with Gasteiger partial charge in [-0.25, -0.2) is 4.98 Å². The van der Waals surface area contributed by atoms with Crippen LogP contribution in [0.15, 0.2) is 12.1 Å². The summed E-state index contributed by atoms with van der Waals surface area (Å²) in [7, 11) is 3.83. The van der Waals surface area contributed by atoms with Gasteiger partial charge in [0, 0.05) is 25.2 Å². The molecule has 1 aliphatic heterocycles. The van der Waals surface area contributed by atoms with Crippen LogP contribution < -0.4 is 0 Å². The Balaban J connectivity index is 2.08. The molecular formula is C12H16IN3O. The van der Waals surface area contributed by atoms with Crippen molar-refractivity contribution in [2.24, 2.45) is 0 Å². The summed E-state index contributed by atoms with van der Waals surface area (Å²) in [6, 6.07) is 4.08. The first-order valence-corrected chi connectivity index (χ1v) is 6.71. The second kappa shape index (κ2) is 5.30. The van der Waals surface area contributed by atoms with Crippen LogP contribution >= 0.6 is 22.6 Å². The minimum Gasteiger partial charge on any atom is -0.337 e. The number of amides is 1. The predicted molar refractivity (Wildman–Crippen MR) is 74.6 cm³/mol. The fraction of sp³-hybridized carbons (Fsp3) is 0.500. The highest BCUT2D eigenvalue weighted by molar-refractivity contribution is 14.1. The molecule has 0 bridgehead atoms. The number of hydrogen-bond acceptors (Lipinski definition) is 3. The summed E-state index contributed by atoms with van der Waals surface area (Å²) in [6.45, 7) is 1.96. The maximum absolute atomic E-state index is 11.9. The average Bonchev–Trinajstić information content (AvgIpc) is 2.27. The van der Waals surface area contributed by atoms with Gasteiger partial charge in [0.2, 0.25) is 5.91 Å².